The SMILES string of the molecule is CC(C)(C)OC(=O)N/C(=N/C(=O)O)NC1CCN(c2cccc(-c3ccc4c(c3)C(C)(C)CCC4(C)C)n2)CC1. The lowest BCUT2D eigenvalue weighted by Gasteiger charge is -2.42. The van der Waals surface area contributed by atoms with E-state index >= 15 is 0 Å². The van der Waals surface area contributed by atoms with Gasteiger partial charge in [-0.15, -0.1) is 4.99 Å². The summed E-state index contributed by atoms with van der Waals surface area (Å²) in [6.45, 7) is 16.0. The topological polar surface area (TPSA) is 116 Å². The number of hydrogen-bond acceptors (Lipinski definition) is 5. The number of ether oxygens (including phenoxy) is 1. The van der Waals surface area contributed by atoms with E-state index in [1.807, 2.05) is 6.07 Å². The maximum Gasteiger partial charge on any atom is 0.434 e. The third-order valence-corrected chi connectivity index (χ3v) is 7.87. The van der Waals surface area contributed by atoms with Crippen LogP contribution in [-0.4, -0.2) is 53.0 Å². The number of rotatable bonds is 3. The van der Waals surface area contributed by atoms with Crippen molar-refractivity contribution in [3.8, 4) is 11.3 Å². The van der Waals surface area contributed by atoms with Crippen LogP contribution in [-0.2, 0) is 15.6 Å². The first-order chi connectivity index (χ1) is 18.6. The van der Waals surface area contributed by atoms with Crippen LogP contribution in [0.3, 0.4) is 0 Å². The molecule has 2 amide bonds. The zero-order valence-electron chi connectivity index (χ0n) is 24.8. The Hall–Kier alpha value is -3.62. The Kier molecular flexibility index (Phi) is 8.15. The quantitative estimate of drug-likeness (QED) is 0.308. The van der Waals surface area contributed by atoms with Crippen LogP contribution in [0.2, 0.25) is 0 Å². The zero-order valence-corrected chi connectivity index (χ0v) is 24.8. The summed E-state index contributed by atoms with van der Waals surface area (Å²) in [6, 6.07) is 12.9. The number of nitrogens with zero attached hydrogens (tertiary/aromatic N) is 3. The van der Waals surface area contributed by atoms with Gasteiger partial charge in [0.05, 0.1) is 5.69 Å². The summed E-state index contributed by atoms with van der Waals surface area (Å²) in [5.41, 5.74) is 4.53. The van der Waals surface area contributed by atoms with Gasteiger partial charge in [0.2, 0.25) is 5.96 Å². The van der Waals surface area contributed by atoms with Gasteiger partial charge in [0.1, 0.15) is 11.4 Å². The molecule has 4 rings (SSSR count). The van der Waals surface area contributed by atoms with Crippen molar-refractivity contribution in [2.75, 3.05) is 18.0 Å². The molecule has 1 fully saturated rings. The van der Waals surface area contributed by atoms with Crippen LogP contribution in [0.25, 0.3) is 11.3 Å². The van der Waals surface area contributed by atoms with Gasteiger partial charge in [-0.1, -0.05) is 45.9 Å². The number of aliphatic imine (C=N–C) groups is 1. The summed E-state index contributed by atoms with van der Waals surface area (Å²) in [5.74, 6) is 0.790. The third kappa shape index (κ3) is 7.11. The Balaban J connectivity index is 1.44. The summed E-state index contributed by atoms with van der Waals surface area (Å²) >= 11 is 0. The zero-order chi connectivity index (χ0) is 29.3. The second kappa shape index (κ2) is 11.1. The molecule has 0 saturated carbocycles. The van der Waals surface area contributed by atoms with E-state index < -0.39 is 17.8 Å². The molecule has 0 spiro atoms. The number of pyridine rings is 1. The molecule has 3 N–H and O–H groups in total. The van der Waals surface area contributed by atoms with E-state index in [-0.39, 0.29) is 22.8 Å². The van der Waals surface area contributed by atoms with Gasteiger partial charge in [-0.25, -0.2) is 14.6 Å². The van der Waals surface area contributed by atoms with Gasteiger partial charge in [0, 0.05) is 24.7 Å². The maximum atomic E-state index is 12.2. The molecule has 216 valence electrons. The van der Waals surface area contributed by atoms with Gasteiger partial charge in [-0.2, -0.15) is 0 Å². The van der Waals surface area contributed by atoms with Crippen molar-refractivity contribution in [3.05, 3.63) is 47.5 Å². The lowest BCUT2D eigenvalue weighted by atomic mass is 9.63. The minimum absolute atomic E-state index is 0.0568. The number of hydrogen-bond donors (Lipinski definition) is 3. The molecule has 2 aliphatic rings. The van der Waals surface area contributed by atoms with Crippen LogP contribution in [0.15, 0.2) is 41.4 Å². The molecular formula is C31H43N5O4. The fourth-order valence-corrected chi connectivity index (χ4v) is 5.55. The molecule has 1 aliphatic heterocycles. The molecule has 2 heterocycles. The number of nitrogens with one attached hydrogen (secondary N) is 2. The molecule has 1 aromatic heterocycles. The number of carboxylic acid groups (broad SMARTS) is 1. The van der Waals surface area contributed by atoms with E-state index in [9.17, 15) is 9.59 Å². The number of alkyl carbamates (subject to hydrolysis) is 1. The highest BCUT2D eigenvalue weighted by Gasteiger charge is 2.37. The van der Waals surface area contributed by atoms with Crippen LogP contribution in [0.1, 0.15) is 85.3 Å². The minimum Gasteiger partial charge on any atom is -0.463 e. The summed E-state index contributed by atoms with van der Waals surface area (Å²) in [5, 5.41) is 14.6. The van der Waals surface area contributed by atoms with Crippen LogP contribution in [0, 0.1) is 0 Å². The molecule has 1 saturated heterocycles. The van der Waals surface area contributed by atoms with Crippen molar-refractivity contribution in [2.45, 2.75) is 96.6 Å². The molecule has 9 heteroatoms. The van der Waals surface area contributed by atoms with Crippen LogP contribution in [0.4, 0.5) is 15.4 Å². The van der Waals surface area contributed by atoms with E-state index in [0.29, 0.717) is 0 Å². The first-order valence-electron chi connectivity index (χ1n) is 14.1. The first kappa shape index (κ1) is 29.4. The van der Waals surface area contributed by atoms with Gasteiger partial charge in [-0.3, -0.25) is 5.32 Å². The third-order valence-electron chi connectivity index (χ3n) is 7.87. The summed E-state index contributed by atoms with van der Waals surface area (Å²) in [7, 11) is 0. The normalized spacial score (nSPS) is 19.0. The highest BCUT2D eigenvalue weighted by atomic mass is 16.6. The van der Waals surface area contributed by atoms with Crippen molar-refractivity contribution >= 4 is 24.0 Å². The Bertz CT molecular complexity index is 1290. The van der Waals surface area contributed by atoms with Gasteiger partial charge in [0.15, 0.2) is 0 Å². The van der Waals surface area contributed by atoms with Crippen LogP contribution in [0.5, 0.6) is 0 Å². The molecule has 1 aromatic carbocycles. The lowest BCUT2D eigenvalue weighted by molar-refractivity contribution is 0.0561. The number of fused-ring (bicyclic) bond motifs is 1. The number of carbonyl (C=O) groups is 2. The lowest BCUT2D eigenvalue weighted by Crippen LogP contribution is -2.51. The van der Waals surface area contributed by atoms with E-state index in [0.717, 1.165) is 43.0 Å². The Morgan fingerprint density at radius 2 is 1.68 bits per heavy atom. The fraction of sp³-hybridized carbons (Fsp3) is 0.548. The summed E-state index contributed by atoms with van der Waals surface area (Å²) in [6.07, 6.45) is 1.65. The first-order valence-corrected chi connectivity index (χ1v) is 14.1. The van der Waals surface area contributed by atoms with Gasteiger partial charge in [0.25, 0.3) is 0 Å². The minimum atomic E-state index is -1.40. The number of guanidine groups is 1. The monoisotopic (exact) mass is 549 g/mol. The predicted molar refractivity (Wildman–Crippen MR) is 158 cm³/mol. The largest absolute Gasteiger partial charge is 0.463 e. The van der Waals surface area contributed by atoms with Crippen LogP contribution < -0.4 is 15.5 Å². The number of benzene rings is 1. The number of aromatic nitrogens is 1. The second-order valence-electron chi connectivity index (χ2n) is 13.2. The Morgan fingerprint density at radius 1 is 1.02 bits per heavy atom. The standard InChI is InChI=1S/C31H43N5O4/c1-29(2,3)40-28(39)35-26(34-27(37)38)32-21-13-17-36(18-14-21)25-10-8-9-24(33-25)20-11-12-22-23(19-20)31(6,7)16-15-30(22,4)5/h8-12,19,21H,13-18H2,1-7H3,(H,37,38)(H2,32,34,35,39). The van der Waals surface area contributed by atoms with Gasteiger partial charge >= 0.3 is 12.2 Å². The molecule has 0 atom stereocenters. The van der Waals surface area contributed by atoms with E-state index in [4.69, 9.17) is 14.8 Å². The molecule has 1 aliphatic carbocycles. The molecule has 0 bridgehead atoms. The van der Waals surface area contributed by atoms with Crippen molar-refractivity contribution in [1.82, 2.24) is 15.6 Å². The van der Waals surface area contributed by atoms with E-state index in [2.05, 4.69) is 78.6 Å². The van der Waals surface area contributed by atoms with Crippen LogP contribution >= 0.6 is 0 Å². The van der Waals surface area contributed by atoms with Crippen molar-refractivity contribution < 1.29 is 19.4 Å². The van der Waals surface area contributed by atoms with Crippen molar-refractivity contribution in [1.29, 1.82) is 0 Å². The summed E-state index contributed by atoms with van der Waals surface area (Å²) in [4.78, 5) is 34.1. The Labute approximate surface area is 237 Å². The predicted octanol–water partition coefficient (Wildman–Crippen LogP) is 6.21. The van der Waals surface area contributed by atoms with Gasteiger partial charge < -0.3 is 20.1 Å². The van der Waals surface area contributed by atoms with Crippen molar-refractivity contribution in [2.24, 2.45) is 4.99 Å². The second-order valence-corrected chi connectivity index (χ2v) is 13.2. The molecule has 0 radical (unpaired) electrons. The molecule has 40 heavy (non-hydrogen) atoms. The molecule has 9 nitrogen and oxygen atoms in total. The summed E-state index contributed by atoms with van der Waals surface area (Å²) < 4.78 is 5.23. The smallest absolute Gasteiger partial charge is 0.434 e. The number of amides is 2. The fourth-order valence-electron chi connectivity index (χ4n) is 5.55. The van der Waals surface area contributed by atoms with Gasteiger partial charge in [-0.05, 0) is 86.6 Å². The maximum absolute atomic E-state index is 12.2. The average Bonchev–Trinajstić information content (AvgIpc) is 2.85. The average molecular weight is 550 g/mol. The van der Waals surface area contributed by atoms with E-state index in [1.165, 1.54) is 24.0 Å². The highest BCUT2D eigenvalue weighted by Crippen LogP contribution is 2.46. The molecule has 0 unspecified atom stereocenters. The molecule has 2 aromatic rings. The number of carbonyl (C=O) groups excluding carboxylic acids is 1. The molecular weight excluding hydrogens is 506 g/mol. The van der Waals surface area contributed by atoms with E-state index in [1.54, 1.807) is 20.8 Å². The number of anilines is 1. The number of piperidine rings is 1. The van der Waals surface area contributed by atoms with Crippen molar-refractivity contribution in [3.63, 3.8) is 0 Å². The highest BCUT2D eigenvalue weighted by molar-refractivity contribution is 5.98. The Morgan fingerprint density at radius 3 is 2.30 bits per heavy atom.